The molecule has 2 aromatic carbocycles. The van der Waals surface area contributed by atoms with Gasteiger partial charge in [-0.2, -0.15) is 0 Å². The molecule has 27 heavy (non-hydrogen) atoms. The number of carbonyl (C=O) groups is 1. The number of allylic oxidation sites excluding steroid dienone is 4. The summed E-state index contributed by atoms with van der Waals surface area (Å²) in [5, 5.41) is 2.37. The van der Waals surface area contributed by atoms with Crippen molar-refractivity contribution < 1.29 is 9.53 Å². The van der Waals surface area contributed by atoms with Gasteiger partial charge in [0.1, 0.15) is 6.10 Å². The summed E-state index contributed by atoms with van der Waals surface area (Å²) in [5.41, 5.74) is 4.57. The molecule has 0 N–H and O–H groups in total. The van der Waals surface area contributed by atoms with Gasteiger partial charge in [-0.1, -0.05) is 59.7 Å². The molecule has 140 valence electrons. The summed E-state index contributed by atoms with van der Waals surface area (Å²) < 4.78 is 5.60. The lowest BCUT2D eigenvalue weighted by molar-refractivity contribution is -0.140. The molecule has 0 saturated carbocycles. The van der Waals surface area contributed by atoms with Gasteiger partial charge in [0.05, 0.1) is 0 Å². The molecule has 0 spiro atoms. The van der Waals surface area contributed by atoms with Gasteiger partial charge in [0.2, 0.25) is 0 Å². The Kier molecular flexibility index (Phi) is 6.28. The van der Waals surface area contributed by atoms with E-state index in [1.54, 1.807) is 0 Å². The molecule has 0 bridgehead atoms. The van der Waals surface area contributed by atoms with Crippen LogP contribution >= 0.6 is 0 Å². The maximum Gasteiger partial charge on any atom is 0.334 e. The van der Waals surface area contributed by atoms with Gasteiger partial charge in [-0.15, -0.1) is 0 Å². The van der Waals surface area contributed by atoms with Crippen molar-refractivity contribution in [3.8, 4) is 0 Å². The molecule has 1 heterocycles. The summed E-state index contributed by atoms with van der Waals surface area (Å²) in [5.74, 6) is -0.177. The fraction of sp³-hybridized carbons (Fsp3) is 0.320. The zero-order valence-electron chi connectivity index (χ0n) is 16.5. The van der Waals surface area contributed by atoms with Crippen molar-refractivity contribution >= 4 is 16.7 Å². The average Bonchev–Trinajstić information content (AvgIpc) is 3.02. The zero-order chi connectivity index (χ0) is 19.2. The number of rotatable bonds is 7. The van der Waals surface area contributed by atoms with E-state index in [0.29, 0.717) is 0 Å². The Balaban J connectivity index is 1.61. The molecule has 0 aliphatic carbocycles. The van der Waals surface area contributed by atoms with Crippen molar-refractivity contribution in [2.45, 2.75) is 52.6 Å². The molecule has 1 atom stereocenters. The van der Waals surface area contributed by atoms with Crippen LogP contribution in [0.4, 0.5) is 0 Å². The van der Waals surface area contributed by atoms with Crippen LogP contribution in [0.15, 0.2) is 77.4 Å². The van der Waals surface area contributed by atoms with E-state index in [9.17, 15) is 4.79 Å². The average molecular weight is 360 g/mol. The third-order valence-corrected chi connectivity index (χ3v) is 4.95. The minimum Gasteiger partial charge on any atom is -0.450 e. The molecule has 0 fully saturated rings. The number of esters is 1. The molecule has 0 amide bonds. The normalized spacial score (nSPS) is 17.0. The number of cyclic esters (lactones) is 1. The lowest BCUT2D eigenvalue weighted by Gasteiger charge is -2.09. The monoisotopic (exact) mass is 360 g/mol. The van der Waals surface area contributed by atoms with Crippen LogP contribution in [0.2, 0.25) is 0 Å². The zero-order valence-corrected chi connectivity index (χ0v) is 16.5. The lowest BCUT2D eigenvalue weighted by atomic mass is 10.0. The Morgan fingerprint density at radius 2 is 1.78 bits per heavy atom. The molecule has 3 rings (SSSR count). The van der Waals surface area contributed by atoms with Crippen LogP contribution in [-0.2, 0) is 9.53 Å². The first-order valence-electron chi connectivity index (χ1n) is 9.72. The van der Waals surface area contributed by atoms with Crippen LogP contribution in [-0.4, -0.2) is 5.97 Å². The molecule has 1 unspecified atom stereocenters. The quantitative estimate of drug-likeness (QED) is 0.399. The van der Waals surface area contributed by atoms with Crippen molar-refractivity contribution in [1.29, 1.82) is 0 Å². The van der Waals surface area contributed by atoms with Gasteiger partial charge in [0.15, 0.2) is 0 Å². The highest BCUT2D eigenvalue weighted by molar-refractivity contribution is 5.91. The highest BCUT2D eigenvalue weighted by Gasteiger charge is 2.26. The van der Waals surface area contributed by atoms with Crippen molar-refractivity contribution in [2.24, 2.45) is 0 Å². The number of carbonyl (C=O) groups excluding carboxylic acids is 1. The molecule has 0 aromatic heterocycles. The number of fused-ring (bicyclic) bond motifs is 1. The van der Waals surface area contributed by atoms with Gasteiger partial charge in [-0.25, -0.2) is 4.79 Å². The second-order valence-corrected chi connectivity index (χ2v) is 7.53. The van der Waals surface area contributed by atoms with Crippen LogP contribution in [0.3, 0.4) is 0 Å². The first kappa shape index (κ1) is 19.2. The number of hydrogen-bond acceptors (Lipinski definition) is 2. The topological polar surface area (TPSA) is 26.3 Å². The Hall–Kier alpha value is -2.61. The van der Waals surface area contributed by atoms with Gasteiger partial charge >= 0.3 is 5.97 Å². The van der Waals surface area contributed by atoms with E-state index in [0.717, 1.165) is 36.8 Å². The molecule has 2 heteroatoms. The Morgan fingerprint density at radius 1 is 1.00 bits per heavy atom. The van der Waals surface area contributed by atoms with Gasteiger partial charge in [0, 0.05) is 5.57 Å². The summed E-state index contributed by atoms with van der Waals surface area (Å²) in [7, 11) is 0. The Labute approximate surface area is 162 Å². The molecule has 1 aliphatic heterocycles. The van der Waals surface area contributed by atoms with Crippen molar-refractivity contribution in [3.63, 3.8) is 0 Å². The molecule has 0 radical (unpaired) electrons. The predicted molar refractivity (Wildman–Crippen MR) is 113 cm³/mol. The molecular formula is C25H28O2. The number of hydrogen-bond donors (Lipinski definition) is 0. The van der Waals surface area contributed by atoms with Gasteiger partial charge in [0.25, 0.3) is 0 Å². The maximum absolute atomic E-state index is 12.2. The minimum absolute atomic E-state index is 0.177. The van der Waals surface area contributed by atoms with E-state index < -0.39 is 0 Å². The van der Waals surface area contributed by atoms with Crippen LogP contribution in [0, 0.1) is 0 Å². The smallest absolute Gasteiger partial charge is 0.334 e. The summed E-state index contributed by atoms with van der Waals surface area (Å²) in [6.45, 7) is 6.42. The first-order chi connectivity index (χ1) is 13.0. The van der Waals surface area contributed by atoms with Crippen molar-refractivity contribution in [1.82, 2.24) is 0 Å². The third-order valence-electron chi connectivity index (χ3n) is 4.95. The fourth-order valence-corrected chi connectivity index (χ4v) is 3.37. The van der Waals surface area contributed by atoms with Crippen LogP contribution in [0.1, 0.15) is 58.1 Å². The summed E-state index contributed by atoms with van der Waals surface area (Å²) in [6, 6.07) is 14.5. The molecule has 2 nitrogen and oxygen atoms in total. The molecule has 2 aromatic rings. The standard InChI is InChI=1S/C25H28O2/c1-18(2)8-6-9-19(3)10-7-13-23-17-24(27-25(23)26)22-15-14-20-11-4-5-12-21(20)16-22/h4-5,8,10-12,14-17,24H,6-7,9,13H2,1-3H3. The number of benzene rings is 2. The first-order valence-corrected chi connectivity index (χ1v) is 9.72. The van der Waals surface area contributed by atoms with E-state index in [2.05, 4.69) is 57.2 Å². The lowest BCUT2D eigenvalue weighted by Crippen LogP contribution is -2.02. The van der Waals surface area contributed by atoms with Crippen molar-refractivity contribution in [2.75, 3.05) is 0 Å². The highest BCUT2D eigenvalue weighted by Crippen LogP contribution is 2.31. The fourth-order valence-electron chi connectivity index (χ4n) is 3.37. The van der Waals surface area contributed by atoms with Gasteiger partial charge in [-0.3, -0.25) is 0 Å². The Bertz CT molecular complexity index is 911. The third kappa shape index (κ3) is 5.19. The summed E-state index contributed by atoms with van der Waals surface area (Å²) >= 11 is 0. The van der Waals surface area contributed by atoms with E-state index in [1.807, 2.05) is 24.3 Å². The van der Waals surface area contributed by atoms with Gasteiger partial charge < -0.3 is 4.74 Å². The number of ether oxygens (including phenoxy) is 1. The molecule has 0 saturated heterocycles. The van der Waals surface area contributed by atoms with E-state index in [-0.39, 0.29) is 12.1 Å². The maximum atomic E-state index is 12.2. The van der Waals surface area contributed by atoms with E-state index in [1.165, 1.54) is 21.9 Å². The second kappa shape index (κ2) is 8.85. The Morgan fingerprint density at radius 3 is 2.56 bits per heavy atom. The molecular weight excluding hydrogens is 332 g/mol. The molecule has 1 aliphatic rings. The van der Waals surface area contributed by atoms with Crippen LogP contribution in [0.25, 0.3) is 10.8 Å². The van der Waals surface area contributed by atoms with Crippen LogP contribution in [0.5, 0.6) is 0 Å². The predicted octanol–water partition coefficient (Wildman–Crippen LogP) is 6.84. The van der Waals surface area contributed by atoms with Gasteiger partial charge in [-0.05, 0) is 74.9 Å². The van der Waals surface area contributed by atoms with E-state index in [4.69, 9.17) is 4.74 Å². The summed E-state index contributed by atoms with van der Waals surface area (Å²) in [6.07, 6.45) is 10.0. The summed E-state index contributed by atoms with van der Waals surface area (Å²) in [4.78, 5) is 12.2. The SMILES string of the molecule is CC(C)=CCCC(C)=CCCC1=CC(c2ccc3ccccc3c2)OC1=O. The van der Waals surface area contributed by atoms with E-state index >= 15 is 0 Å². The van der Waals surface area contributed by atoms with Crippen LogP contribution < -0.4 is 0 Å². The largest absolute Gasteiger partial charge is 0.450 e. The van der Waals surface area contributed by atoms with Crippen molar-refractivity contribution in [3.05, 3.63) is 83.0 Å². The highest BCUT2D eigenvalue weighted by atomic mass is 16.5. The second-order valence-electron chi connectivity index (χ2n) is 7.53. The minimum atomic E-state index is -0.264.